The quantitative estimate of drug-likeness (QED) is 0.0109. The van der Waals surface area contributed by atoms with Gasteiger partial charge < -0.3 is 124 Å². The van der Waals surface area contributed by atoms with Crippen LogP contribution in [0.1, 0.15) is 70.8 Å². The third kappa shape index (κ3) is 22.4. The van der Waals surface area contributed by atoms with Crippen LogP contribution < -0.4 is 68.5 Å². The number of hydroxylamine groups is 2. The molecule has 0 saturated carbocycles. The number of aromatic amines is 1. The van der Waals surface area contributed by atoms with Crippen molar-refractivity contribution in [1.82, 2.24) is 67.8 Å². The van der Waals surface area contributed by atoms with Crippen LogP contribution in [-0.4, -0.2) is 284 Å². The summed E-state index contributed by atoms with van der Waals surface area (Å²) >= 11 is 0. The lowest BCUT2D eigenvalue weighted by atomic mass is 10.1. The second-order valence-corrected chi connectivity index (χ2v) is 22.0. The van der Waals surface area contributed by atoms with Gasteiger partial charge in [-0.05, 0) is 64.0 Å². The van der Waals surface area contributed by atoms with Gasteiger partial charge in [-0.3, -0.25) is 62.9 Å². The lowest BCUT2D eigenvalue weighted by Crippen LogP contribution is -2.62. The molecule has 24 N–H and O–H groups in total. The minimum absolute atomic E-state index is 0.0156. The number of fused-ring (bicyclic) bond motifs is 2. The number of rotatable bonds is 41. The van der Waals surface area contributed by atoms with Crippen molar-refractivity contribution in [2.24, 2.45) is 0 Å². The largest absolute Gasteiger partial charge is 0.548 e. The number of aromatic nitrogens is 3. The number of carbonyl (C=O) groups is 13. The van der Waals surface area contributed by atoms with E-state index in [9.17, 15) is 139 Å². The van der Waals surface area contributed by atoms with E-state index in [1.165, 1.54) is 28.2 Å². The number of carbonyl (C=O) groups excluding carboxylic acids is 12. The molecule has 12 unspecified atom stereocenters. The number of imidazole rings is 1. The monoisotopic (exact) mass is 1380 g/mol. The highest BCUT2D eigenvalue weighted by Gasteiger charge is 2.41. The van der Waals surface area contributed by atoms with Crippen molar-refractivity contribution >= 4 is 99.0 Å². The SMILES string of the molecule is CC(O)CC(=O)N(O)CCCC(NC(=O)C(CCO)NC(=O)C(CCO)NC(=O)C(CCO)NC(=O)C(NC(=O)CNC(=O)C(CCO)NC(=O)C(CO)NC(=O)C(CO)NC(=O)C1CCn2c(=O)[nH]c3cc4cc(O)c(O)cc4[n+]1c32)C(O)C(=O)O)C(=O)NC(CCO)C(=O)[O-]. The molecule has 1 aliphatic heterocycles. The third-order valence-electron chi connectivity index (χ3n) is 14.8. The summed E-state index contributed by atoms with van der Waals surface area (Å²) in [7, 11) is 0. The van der Waals surface area contributed by atoms with E-state index in [0.29, 0.717) is 0 Å². The first-order chi connectivity index (χ1) is 45.9. The molecule has 3 aromatic rings. The Hall–Kier alpha value is -9.79. The van der Waals surface area contributed by atoms with Crippen LogP contribution in [0.4, 0.5) is 0 Å². The molecule has 97 heavy (non-hydrogen) atoms. The highest BCUT2D eigenvalue weighted by molar-refractivity contribution is 6.00. The summed E-state index contributed by atoms with van der Waals surface area (Å²) in [4.78, 5) is 187. The van der Waals surface area contributed by atoms with Crippen molar-refractivity contribution < 1.29 is 138 Å². The maximum atomic E-state index is 13.9. The number of H-pyrrole nitrogens is 1. The standard InChI is InChI=1S/C55H80N14O28/c1-24(77)17-40(81)68(97)10-2-3-26(44(84)62-31(9-16-74)53(92)93)57-45(85)28(6-13-71)59-46(86)29(7-14-72)60-47(87)30(8-15-73)61-51(91)41(42(82)54(94)95)66-39(80)21-56-43(83)27(5-12-70)58-48(88)33(22-75)63-49(89)34(23-76)64-50(90)35-4-11-67-52-32(65-55(67)96)18-25-19-37(78)38(79)20-36(25)69(35)52/h18-20,24,26-31,33-35,41-42,70-77,82,97H,2-17,21-23H2,1H3,(H14,56,57,58,59,60,61,62,63,64,65,66,78,80,83,84,85,86,87,88,89,90,91,92,93,94,95,96). The number of carboxylic acid groups (broad SMARTS) is 2. The minimum atomic E-state index is -2.84. The summed E-state index contributed by atoms with van der Waals surface area (Å²) in [6.45, 7) is -7.00. The van der Waals surface area contributed by atoms with E-state index in [1.54, 1.807) is 0 Å². The van der Waals surface area contributed by atoms with Gasteiger partial charge in [-0.2, -0.15) is 4.57 Å². The zero-order chi connectivity index (χ0) is 72.5. The maximum absolute atomic E-state index is 13.9. The van der Waals surface area contributed by atoms with Crippen LogP contribution in [0.2, 0.25) is 0 Å². The van der Waals surface area contributed by atoms with Crippen LogP contribution in [0, 0.1) is 0 Å². The number of pyridine rings is 1. The first-order valence-corrected chi connectivity index (χ1v) is 30.0. The van der Waals surface area contributed by atoms with E-state index in [2.05, 4.69) is 36.9 Å². The molecule has 0 spiro atoms. The molecule has 0 fully saturated rings. The summed E-state index contributed by atoms with van der Waals surface area (Å²) in [6, 6.07) is -14.8. The number of aryl methyl sites for hydroxylation is 1. The fourth-order valence-electron chi connectivity index (χ4n) is 9.83. The molecule has 0 saturated heterocycles. The van der Waals surface area contributed by atoms with Gasteiger partial charge in [0, 0.05) is 57.5 Å². The molecule has 11 amide bonds. The Labute approximate surface area is 547 Å². The number of benzene rings is 1. The van der Waals surface area contributed by atoms with E-state index >= 15 is 0 Å². The number of hydrogen-bond acceptors (Lipinski definition) is 27. The lowest BCUT2D eigenvalue weighted by Gasteiger charge is -2.28. The molecule has 2 aromatic heterocycles. The van der Waals surface area contributed by atoms with Crippen molar-refractivity contribution in [3.05, 3.63) is 28.7 Å². The van der Waals surface area contributed by atoms with Gasteiger partial charge in [0.2, 0.25) is 59.1 Å². The van der Waals surface area contributed by atoms with E-state index in [-0.39, 0.29) is 46.5 Å². The molecule has 0 radical (unpaired) electrons. The van der Waals surface area contributed by atoms with Gasteiger partial charge in [-0.25, -0.2) is 19.2 Å². The molecule has 1 aromatic carbocycles. The zero-order valence-corrected chi connectivity index (χ0v) is 51.9. The molecule has 12 atom stereocenters. The molecule has 0 aliphatic carbocycles. The number of phenols is 2. The topological polar surface area (TPSA) is 673 Å². The molecule has 42 heteroatoms. The number of aromatic hydroxyl groups is 2. The molecule has 4 rings (SSSR count). The van der Waals surface area contributed by atoms with Gasteiger partial charge in [0.15, 0.2) is 23.6 Å². The van der Waals surface area contributed by atoms with Crippen LogP contribution >= 0.6 is 0 Å². The number of nitrogens with one attached hydrogen (secondary N) is 11. The molecular weight excluding hydrogens is 1300 g/mol. The number of aliphatic hydroxyl groups excluding tert-OH is 9. The smallest absolute Gasteiger partial charge is 0.413 e. The van der Waals surface area contributed by atoms with Crippen molar-refractivity contribution in [1.29, 1.82) is 0 Å². The molecule has 42 nitrogen and oxygen atoms in total. The normalized spacial score (nSPS) is 16.0. The third-order valence-corrected chi connectivity index (χ3v) is 14.8. The first-order valence-electron chi connectivity index (χ1n) is 30.0. The average Bonchev–Trinajstić information content (AvgIpc) is 1.63. The first kappa shape index (κ1) is 79.6. The minimum Gasteiger partial charge on any atom is -0.548 e. The summed E-state index contributed by atoms with van der Waals surface area (Å²) < 4.78 is 2.68. The number of amides is 11. The number of hydrogen-bond donors (Lipinski definition) is 24. The van der Waals surface area contributed by atoms with Gasteiger partial charge in [0.25, 0.3) is 5.91 Å². The van der Waals surface area contributed by atoms with Gasteiger partial charge in [0.1, 0.15) is 65.9 Å². The Bertz CT molecular complexity index is 3400. The number of aliphatic carboxylic acids is 2. The predicted molar refractivity (Wildman–Crippen MR) is 318 cm³/mol. The summed E-state index contributed by atoms with van der Waals surface area (Å²) in [5.74, 6) is -19.0. The molecular formula is C55H80N14O28. The average molecular weight is 1390 g/mol. The number of aliphatic hydroxyl groups is 9. The van der Waals surface area contributed by atoms with Crippen LogP contribution in [0.15, 0.2) is 23.0 Å². The number of phenolic OH excluding ortho intramolecular Hbond substituents is 2. The lowest BCUT2D eigenvalue weighted by molar-refractivity contribution is -0.666. The number of carboxylic acids is 2. The van der Waals surface area contributed by atoms with Gasteiger partial charge >= 0.3 is 17.3 Å². The fourth-order valence-corrected chi connectivity index (χ4v) is 9.83. The molecule has 3 heterocycles. The van der Waals surface area contributed by atoms with Crippen LogP contribution in [0.3, 0.4) is 0 Å². The Kier molecular flexibility index (Phi) is 31.3. The second kappa shape index (κ2) is 38.1. The van der Waals surface area contributed by atoms with E-state index < -0.39 is 271 Å². The van der Waals surface area contributed by atoms with Gasteiger partial charge in [-0.15, -0.1) is 0 Å². The van der Waals surface area contributed by atoms with E-state index in [0.717, 1.165) is 6.07 Å². The van der Waals surface area contributed by atoms with Crippen LogP contribution in [0.25, 0.3) is 22.1 Å². The number of nitrogens with zero attached hydrogens (tertiary/aromatic N) is 3. The molecule has 0 bridgehead atoms. The van der Waals surface area contributed by atoms with E-state index in [1.807, 2.05) is 21.3 Å². The highest BCUT2D eigenvalue weighted by Crippen LogP contribution is 2.32. The Balaban J connectivity index is 1.41. The van der Waals surface area contributed by atoms with Crippen molar-refractivity contribution in [2.75, 3.05) is 59.3 Å². The highest BCUT2D eigenvalue weighted by atomic mass is 16.5. The van der Waals surface area contributed by atoms with Crippen molar-refractivity contribution in [3.63, 3.8) is 0 Å². The summed E-state index contributed by atoms with van der Waals surface area (Å²) in [5, 5.41) is 162. The van der Waals surface area contributed by atoms with Crippen LogP contribution in [-0.2, 0) is 68.9 Å². The van der Waals surface area contributed by atoms with Crippen LogP contribution in [0.5, 0.6) is 11.5 Å². The van der Waals surface area contributed by atoms with Gasteiger partial charge in [-0.1, -0.05) is 0 Å². The van der Waals surface area contributed by atoms with Crippen molar-refractivity contribution in [3.8, 4) is 11.5 Å². The van der Waals surface area contributed by atoms with Gasteiger partial charge in [0.05, 0.1) is 44.3 Å². The Morgan fingerprint density at radius 2 is 1.03 bits per heavy atom. The van der Waals surface area contributed by atoms with E-state index in [4.69, 9.17) is 0 Å². The fraction of sp³-hybridized carbons (Fsp3) is 0.582. The molecule has 1 aliphatic rings. The maximum Gasteiger partial charge on any atom is 0.413 e. The Morgan fingerprint density at radius 3 is 1.51 bits per heavy atom. The zero-order valence-electron chi connectivity index (χ0n) is 51.9. The summed E-state index contributed by atoms with van der Waals surface area (Å²) in [5.41, 5.74) is 0.0577. The second-order valence-electron chi connectivity index (χ2n) is 22.0. The summed E-state index contributed by atoms with van der Waals surface area (Å²) in [6.07, 6.45) is -8.54. The van der Waals surface area contributed by atoms with Crippen molar-refractivity contribution in [2.45, 2.75) is 144 Å². The Morgan fingerprint density at radius 1 is 0.598 bits per heavy atom. The predicted octanol–water partition coefficient (Wildman–Crippen LogP) is -13.5. The molecule has 538 valence electrons.